The number of halogens is 1. The molecule has 0 bridgehead atoms. The van der Waals surface area contributed by atoms with E-state index in [-0.39, 0.29) is 35.5 Å². The number of methoxy groups -OCH3 is 1. The van der Waals surface area contributed by atoms with Gasteiger partial charge in [0.2, 0.25) is 0 Å². The number of ether oxygens (including phenoxy) is 2. The molecule has 0 radical (unpaired) electrons. The van der Waals surface area contributed by atoms with Crippen molar-refractivity contribution in [1.29, 1.82) is 0 Å². The Morgan fingerprint density at radius 1 is 1.23 bits per heavy atom. The van der Waals surface area contributed by atoms with E-state index in [1.165, 1.54) is 43.2 Å². The number of amides is 1. The smallest absolute Gasteiger partial charge is 0.309 e. The lowest BCUT2D eigenvalue weighted by Gasteiger charge is -2.26. The molecular formula is C22H26FNO6S. The summed E-state index contributed by atoms with van der Waals surface area (Å²) in [5.41, 5.74) is 0.587. The Hall–Kier alpha value is -2.65. The van der Waals surface area contributed by atoms with Crippen LogP contribution >= 0.6 is 0 Å². The lowest BCUT2D eigenvalue weighted by atomic mass is 10.1. The summed E-state index contributed by atoms with van der Waals surface area (Å²) in [4.78, 5) is 14.6. The number of nitrogens with zero attached hydrogens (tertiary/aromatic N) is 1. The normalized spacial score (nSPS) is 16.2. The van der Waals surface area contributed by atoms with Crippen molar-refractivity contribution in [2.24, 2.45) is 0 Å². The molecule has 0 N–H and O–H groups in total. The zero-order valence-electron chi connectivity index (χ0n) is 17.5. The molecular weight excluding hydrogens is 425 g/mol. The van der Waals surface area contributed by atoms with Gasteiger partial charge in [0.15, 0.2) is 11.5 Å². The van der Waals surface area contributed by atoms with Gasteiger partial charge < -0.3 is 18.6 Å². The second-order valence-corrected chi connectivity index (χ2v) is 9.07. The number of rotatable bonds is 9. The highest BCUT2D eigenvalue weighted by Gasteiger charge is 2.26. The maximum absolute atomic E-state index is 14.3. The van der Waals surface area contributed by atoms with E-state index in [0.717, 1.165) is 12.8 Å². The second kappa shape index (κ2) is 10.1. The number of benzene rings is 2. The number of hydrogen-bond donors (Lipinski definition) is 0. The van der Waals surface area contributed by atoms with Gasteiger partial charge in [0.25, 0.3) is 5.91 Å². The first kappa shape index (κ1) is 23.0. The zero-order valence-corrected chi connectivity index (χ0v) is 18.4. The minimum absolute atomic E-state index is 0.0287. The van der Waals surface area contributed by atoms with Crippen LogP contribution in [-0.2, 0) is 21.4 Å². The Labute approximate surface area is 181 Å². The molecule has 3 rings (SSSR count). The molecule has 0 aromatic heterocycles. The number of carbonyl (C=O) groups excluding carboxylic acids is 1. The van der Waals surface area contributed by atoms with Gasteiger partial charge in [-0.05, 0) is 49.6 Å². The van der Waals surface area contributed by atoms with E-state index in [4.69, 9.17) is 13.7 Å². The van der Waals surface area contributed by atoms with E-state index in [9.17, 15) is 17.6 Å². The first-order valence-electron chi connectivity index (χ1n) is 10.1. The molecule has 0 spiro atoms. The van der Waals surface area contributed by atoms with Gasteiger partial charge >= 0.3 is 10.1 Å². The van der Waals surface area contributed by atoms with Crippen LogP contribution in [0.15, 0.2) is 42.5 Å². The molecule has 9 heteroatoms. The lowest BCUT2D eigenvalue weighted by Crippen LogP contribution is -2.37. The van der Waals surface area contributed by atoms with Crippen LogP contribution in [0.5, 0.6) is 11.5 Å². The van der Waals surface area contributed by atoms with Crippen molar-refractivity contribution in [1.82, 2.24) is 4.90 Å². The quantitative estimate of drug-likeness (QED) is 0.544. The first-order valence-corrected chi connectivity index (χ1v) is 11.6. The third kappa shape index (κ3) is 5.95. The molecule has 1 amide bonds. The molecule has 0 saturated carbocycles. The van der Waals surface area contributed by atoms with Crippen LogP contribution in [0.2, 0.25) is 0 Å². The van der Waals surface area contributed by atoms with Gasteiger partial charge in [-0.15, -0.1) is 0 Å². The molecule has 1 fully saturated rings. The molecule has 31 heavy (non-hydrogen) atoms. The summed E-state index contributed by atoms with van der Waals surface area (Å²) in [5.74, 6) is -0.966. The Bertz CT molecular complexity index is 1020. The van der Waals surface area contributed by atoms with E-state index in [2.05, 4.69) is 0 Å². The largest absolute Gasteiger partial charge is 0.493 e. The third-order valence-corrected chi connectivity index (χ3v) is 6.15. The maximum Gasteiger partial charge on any atom is 0.309 e. The average Bonchev–Trinajstić information content (AvgIpc) is 3.26. The average molecular weight is 452 g/mol. The Kier molecular flexibility index (Phi) is 7.50. The van der Waals surface area contributed by atoms with Crippen molar-refractivity contribution in [3.8, 4) is 11.5 Å². The zero-order chi connectivity index (χ0) is 22.4. The van der Waals surface area contributed by atoms with Crippen LogP contribution in [0.4, 0.5) is 4.39 Å². The second-order valence-electron chi connectivity index (χ2n) is 7.22. The van der Waals surface area contributed by atoms with Gasteiger partial charge in [0.05, 0.1) is 24.5 Å². The summed E-state index contributed by atoms with van der Waals surface area (Å²) in [6, 6.07) is 10.6. The summed E-state index contributed by atoms with van der Waals surface area (Å²) in [6.07, 6.45) is 1.58. The van der Waals surface area contributed by atoms with Crippen LogP contribution in [-0.4, -0.2) is 51.3 Å². The van der Waals surface area contributed by atoms with Crippen LogP contribution in [0.1, 0.15) is 35.7 Å². The molecule has 1 atom stereocenters. The summed E-state index contributed by atoms with van der Waals surface area (Å²) in [6.45, 7) is 2.52. The SMILES string of the molecule is CCS(=O)(=O)Oc1cc(CN(C[C@@H]2CCCO2)C(=O)c2ccccc2F)ccc1OC. The van der Waals surface area contributed by atoms with Crippen LogP contribution in [0, 0.1) is 5.82 Å². The molecule has 1 saturated heterocycles. The highest BCUT2D eigenvalue weighted by atomic mass is 32.2. The van der Waals surface area contributed by atoms with Crippen molar-refractivity contribution in [2.75, 3.05) is 26.0 Å². The molecule has 0 aliphatic carbocycles. The summed E-state index contributed by atoms with van der Waals surface area (Å²) < 4.78 is 54.1. The monoisotopic (exact) mass is 451 g/mol. The molecule has 0 unspecified atom stereocenters. The number of hydrogen-bond acceptors (Lipinski definition) is 6. The fourth-order valence-electron chi connectivity index (χ4n) is 3.36. The van der Waals surface area contributed by atoms with Gasteiger partial charge in [-0.25, -0.2) is 4.39 Å². The Balaban J connectivity index is 1.89. The molecule has 2 aromatic carbocycles. The van der Waals surface area contributed by atoms with Gasteiger partial charge in [-0.2, -0.15) is 8.42 Å². The standard InChI is InChI=1S/C22H26FNO6S/c1-3-31(26,27)30-21-13-16(10-11-20(21)28-2)14-24(15-17-7-6-12-29-17)22(25)18-8-4-5-9-19(18)23/h4-5,8-11,13,17H,3,6-7,12,14-15H2,1-2H3/t17-/m0/s1. The van der Waals surface area contributed by atoms with E-state index in [1.54, 1.807) is 18.2 Å². The van der Waals surface area contributed by atoms with Gasteiger partial charge in [0.1, 0.15) is 5.82 Å². The fraction of sp³-hybridized carbons (Fsp3) is 0.409. The van der Waals surface area contributed by atoms with E-state index in [1.807, 2.05) is 0 Å². The number of carbonyl (C=O) groups is 1. The fourth-order valence-corrected chi connectivity index (χ4v) is 3.88. The molecule has 1 heterocycles. The van der Waals surface area contributed by atoms with Crippen LogP contribution in [0.3, 0.4) is 0 Å². The summed E-state index contributed by atoms with van der Waals surface area (Å²) >= 11 is 0. The molecule has 1 aliphatic heterocycles. The third-order valence-electron chi connectivity index (χ3n) is 5.01. The van der Waals surface area contributed by atoms with Gasteiger partial charge in [-0.3, -0.25) is 4.79 Å². The predicted octanol–water partition coefficient (Wildman–Crippen LogP) is 3.38. The predicted molar refractivity (Wildman–Crippen MR) is 113 cm³/mol. The molecule has 1 aliphatic rings. The van der Waals surface area contributed by atoms with Gasteiger partial charge in [-0.1, -0.05) is 18.2 Å². The molecule has 7 nitrogen and oxygen atoms in total. The van der Waals surface area contributed by atoms with Crippen molar-refractivity contribution in [3.63, 3.8) is 0 Å². The topological polar surface area (TPSA) is 82.1 Å². The Morgan fingerprint density at radius 3 is 2.65 bits per heavy atom. The van der Waals surface area contributed by atoms with E-state index >= 15 is 0 Å². The van der Waals surface area contributed by atoms with Crippen LogP contribution in [0.25, 0.3) is 0 Å². The van der Waals surface area contributed by atoms with Gasteiger partial charge in [0, 0.05) is 19.7 Å². The first-order chi connectivity index (χ1) is 14.8. The Morgan fingerprint density at radius 2 is 2.00 bits per heavy atom. The van der Waals surface area contributed by atoms with Crippen molar-refractivity contribution in [3.05, 3.63) is 59.4 Å². The van der Waals surface area contributed by atoms with Crippen LogP contribution < -0.4 is 8.92 Å². The highest BCUT2D eigenvalue weighted by Crippen LogP contribution is 2.30. The minimum Gasteiger partial charge on any atom is -0.493 e. The van der Waals surface area contributed by atoms with E-state index < -0.39 is 21.8 Å². The van der Waals surface area contributed by atoms with Crippen molar-refractivity contribution >= 4 is 16.0 Å². The van der Waals surface area contributed by atoms with Crippen molar-refractivity contribution < 1.29 is 31.3 Å². The van der Waals surface area contributed by atoms with Crippen molar-refractivity contribution in [2.45, 2.75) is 32.4 Å². The molecule has 168 valence electrons. The van der Waals surface area contributed by atoms with E-state index in [0.29, 0.717) is 18.7 Å². The highest BCUT2D eigenvalue weighted by molar-refractivity contribution is 7.87. The lowest BCUT2D eigenvalue weighted by molar-refractivity contribution is 0.0503. The summed E-state index contributed by atoms with van der Waals surface area (Å²) in [5, 5.41) is 0. The molecule has 2 aromatic rings. The minimum atomic E-state index is -3.76. The maximum atomic E-state index is 14.3. The summed E-state index contributed by atoms with van der Waals surface area (Å²) in [7, 11) is -2.36.